The maximum Gasteiger partial charge on any atom is 0.336 e. The minimum absolute atomic E-state index is 0.0878. The minimum Gasteiger partial charge on any atom is -0.423 e. The fourth-order valence-electron chi connectivity index (χ4n) is 6.52. The maximum atomic E-state index is 14.0. The zero-order valence-corrected chi connectivity index (χ0v) is 36.2. The van der Waals surface area contributed by atoms with Crippen molar-refractivity contribution in [3.05, 3.63) is 40.2 Å². The van der Waals surface area contributed by atoms with Gasteiger partial charge in [-0.25, -0.2) is 4.79 Å². The lowest BCUT2D eigenvalue weighted by Gasteiger charge is -2.28. The Bertz CT molecular complexity index is 1930. The van der Waals surface area contributed by atoms with Crippen LogP contribution in [0.25, 0.3) is 11.0 Å². The van der Waals surface area contributed by atoms with Crippen LogP contribution < -0.4 is 66.2 Å². The van der Waals surface area contributed by atoms with Crippen molar-refractivity contribution in [2.75, 3.05) is 25.0 Å². The SMILES string of the molecule is CC(=O)NC(CCCCN)C(=O)NC(CCC(N)=O)C(=O)NC(CCCCN)C(=O)NC(CC(C)C)C(=O)NC(CCCN=C(N)N)C(=O)Nc1ccc2c(C)cc(=O)oc2c1. The van der Waals surface area contributed by atoms with Gasteiger partial charge in [0.05, 0.1) is 0 Å². The number of guanidine groups is 1. The molecule has 0 aliphatic carbocycles. The van der Waals surface area contributed by atoms with Crippen LogP contribution in [0.4, 0.5) is 5.69 Å². The lowest BCUT2D eigenvalue weighted by atomic mass is 10.0. The molecule has 62 heavy (non-hydrogen) atoms. The number of benzene rings is 1. The molecule has 21 nitrogen and oxygen atoms in total. The third-order valence-electron chi connectivity index (χ3n) is 9.67. The Labute approximate surface area is 361 Å². The van der Waals surface area contributed by atoms with Gasteiger partial charge in [0.25, 0.3) is 0 Å². The highest BCUT2D eigenvalue weighted by Gasteiger charge is 2.33. The molecule has 1 heterocycles. The van der Waals surface area contributed by atoms with Crippen molar-refractivity contribution >= 4 is 64.0 Å². The molecule has 16 N–H and O–H groups in total. The van der Waals surface area contributed by atoms with Crippen LogP contribution in [-0.4, -0.2) is 97.2 Å². The molecule has 1 aromatic carbocycles. The van der Waals surface area contributed by atoms with E-state index >= 15 is 0 Å². The van der Waals surface area contributed by atoms with Crippen molar-refractivity contribution in [1.29, 1.82) is 0 Å². The molecule has 5 atom stereocenters. The molecule has 0 aliphatic rings. The second kappa shape index (κ2) is 27.0. The van der Waals surface area contributed by atoms with Crippen LogP contribution in [0.15, 0.2) is 38.5 Å². The molecule has 0 fully saturated rings. The molecule has 344 valence electrons. The third kappa shape index (κ3) is 19.1. The number of fused-ring (bicyclic) bond motifs is 1. The van der Waals surface area contributed by atoms with Crippen molar-refractivity contribution in [2.24, 2.45) is 39.6 Å². The Morgan fingerprint density at radius 1 is 0.661 bits per heavy atom. The van der Waals surface area contributed by atoms with Crippen molar-refractivity contribution in [2.45, 2.75) is 129 Å². The number of hydrogen-bond acceptors (Lipinski definition) is 12. The second-order valence-corrected chi connectivity index (χ2v) is 15.6. The molecule has 21 heteroatoms. The van der Waals surface area contributed by atoms with E-state index in [1.807, 2.05) is 13.8 Å². The average Bonchev–Trinajstić information content (AvgIpc) is 3.18. The average molecular weight is 871 g/mol. The zero-order chi connectivity index (χ0) is 46.4. The highest BCUT2D eigenvalue weighted by atomic mass is 16.4. The first-order valence-corrected chi connectivity index (χ1v) is 20.9. The third-order valence-corrected chi connectivity index (χ3v) is 9.67. The van der Waals surface area contributed by atoms with Gasteiger partial charge in [0.2, 0.25) is 41.4 Å². The zero-order valence-electron chi connectivity index (χ0n) is 36.2. The van der Waals surface area contributed by atoms with E-state index in [0.717, 1.165) is 0 Å². The monoisotopic (exact) mass is 871 g/mol. The molecule has 1 aromatic heterocycles. The Morgan fingerprint density at radius 2 is 1.16 bits per heavy atom. The van der Waals surface area contributed by atoms with E-state index < -0.39 is 77.2 Å². The van der Waals surface area contributed by atoms with E-state index in [2.05, 4.69) is 36.9 Å². The number of nitrogens with two attached hydrogens (primary N) is 5. The number of aryl methyl sites for hydroxylation is 1. The molecule has 0 saturated carbocycles. The Morgan fingerprint density at radius 3 is 1.68 bits per heavy atom. The van der Waals surface area contributed by atoms with Gasteiger partial charge in [0.15, 0.2) is 5.96 Å². The number of rotatable bonds is 28. The van der Waals surface area contributed by atoms with Gasteiger partial charge in [0, 0.05) is 43.1 Å². The summed E-state index contributed by atoms with van der Waals surface area (Å²) in [5.41, 5.74) is 28.3. The molecule has 5 unspecified atom stereocenters. The predicted molar refractivity (Wildman–Crippen MR) is 235 cm³/mol. The van der Waals surface area contributed by atoms with Crippen LogP contribution in [0.3, 0.4) is 0 Å². The van der Waals surface area contributed by atoms with Crippen LogP contribution in [0.5, 0.6) is 0 Å². The van der Waals surface area contributed by atoms with E-state index in [-0.39, 0.29) is 69.0 Å². The van der Waals surface area contributed by atoms with Crippen LogP contribution in [0.1, 0.15) is 97.0 Å². The fourth-order valence-corrected chi connectivity index (χ4v) is 6.52. The van der Waals surface area contributed by atoms with Gasteiger partial charge in [-0.3, -0.25) is 38.6 Å². The van der Waals surface area contributed by atoms with Gasteiger partial charge in [-0.2, -0.15) is 0 Å². The molecule has 0 bridgehead atoms. The first kappa shape index (κ1) is 52.0. The van der Waals surface area contributed by atoms with Crippen molar-refractivity contribution < 1.29 is 38.0 Å². The second-order valence-electron chi connectivity index (χ2n) is 15.6. The summed E-state index contributed by atoms with van der Waals surface area (Å²) < 4.78 is 5.32. The quantitative estimate of drug-likeness (QED) is 0.0214. The Balaban J connectivity index is 2.38. The Hall–Kier alpha value is -6.09. The van der Waals surface area contributed by atoms with Crippen molar-refractivity contribution in [1.82, 2.24) is 26.6 Å². The van der Waals surface area contributed by atoms with Crippen LogP contribution in [0.2, 0.25) is 0 Å². The molecule has 2 aromatic rings. The van der Waals surface area contributed by atoms with Gasteiger partial charge in [-0.15, -0.1) is 0 Å². The summed E-state index contributed by atoms with van der Waals surface area (Å²) in [6.45, 7) is 7.50. The Kier molecular flexibility index (Phi) is 22.6. The van der Waals surface area contributed by atoms with E-state index in [4.69, 9.17) is 33.1 Å². The van der Waals surface area contributed by atoms with Gasteiger partial charge in [-0.05, 0) is 108 Å². The summed E-state index contributed by atoms with van der Waals surface area (Å²) in [4.78, 5) is 109. The standard InChI is InChI=1S/C41H66N12O9/c1-23(2)20-32(40(61)51-30(12-9-19-47-41(45)46)36(57)49-26-13-14-27-24(3)21-35(56)62-33(27)22-26)53-38(59)29(11-6-8-18-43)50-39(60)31(15-16-34(44)55)52-37(58)28(48-25(4)54)10-5-7-17-42/h13-14,21-23,28-32H,5-12,15-20,42-43H2,1-4H3,(H2,44,55)(H,48,54)(H,49,57)(H,50,60)(H,51,61)(H,52,58)(H,53,59)(H4,45,46,47). The summed E-state index contributed by atoms with van der Waals surface area (Å²) in [5.74, 6) is -4.99. The summed E-state index contributed by atoms with van der Waals surface area (Å²) in [6.07, 6.45) is 2.34. The largest absolute Gasteiger partial charge is 0.423 e. The summed E-state index contributed by atoms with van der Waals surface area (Å²) in [6, 6.07) is 0.280. The highest BCUT2D eigenvalue weighted by Crippen LogP contribution is 2.21. The molecule has 0 aliphatic heterocycles. The number of anilines is 1. The molecule has 0 radical (unpaired) electrons. The molecular weight excluding hydrogens is 805 g/mol. The lowest BCUT2D eigenvalue weighted by Crippen LogP contribution is -2.59. The van der Waals surface area contributed by atoms with E-state index in [0.29, 0.717) is 55.4 Å². The summed E-state index contributed by atoms with van der Waals surface area (Å²) in [7, 11) is 0. The van der Waals surface area contributed by atoms with E-state index in [1.165, 1.54) is 19.1 Å². The molecule has 2 rings (SSSR count). The molecule has 0 spiro atoms. The number of nitrogens with zero attached hydrogens (tertiary/aromatic N) is 1. The predicted octanol–water partition coefficient (Wildman–Crippen LogP) is -0.893. The number of carbonyl (C=O) groups excluding carboxylic acids is 7. The normalized spacial score (nSPS) is 13.5. The van der Waals surface area contributed by atoms with Gasteiger partial charge in [0.1, 0.15) is 35.8 Å². The fraction of sp³-hybridized carbons (Fsp3) is 0.585. The van der Waals surface area contributed by atoms with Gasteiger partial charge in [-0.1, -0.05) is 13.8 Å². The first-order chi connectivity index (χ1) is 29.3. The minimum atomic E-state index is -1.33. The van der Waals surface area contributed by atoms with Crippen molar-refractivity contribution in [3.63, 3.8) is 0 Å². The number of hydrogen-bond donors (Lipinski definition) is 11. The number of primary amides is 1. The lowest BCUT2D eigenvalue weighted by molar-refractivity contribution is -0.135. The first-order valence-electron chi connectivity index (χ1n) is 20.9. The van der Waals surface area contributed by atoms with Crippen LogP contribution >= 0.6 is 0 Å². The maximum absolute atomic E-state index is 14.0. The molecular formula is C41H66N12O9. The van der Waals surface area contributed by atoms with Gasteiger partial charge >= 0.3 is 5.63 Å². The number of amides is 7. The van der Waals surface area contributed by atoms with Crippen molar-refractivity contribution in [3.8, 4) is 0 Å². The molecule has 7 amide bonds. The van der Waals surface area contributed by atoms with Gasteiger partial charge < -0.3 is 65.0 Å². The smallest absolute Gasteiger partial charge is 0.336 e. The number of carbonyl (C=O) groups is 7. The topological polar surface area (TPSA) is 364 Å². The number of nitrogens with one attached hydrogen (secondary N) is 6. The van der Waals surface area contributed by atoms with E-state index in [9.17, 15) is 38.4 Å². The summed E-state index contributed by atoms with van der Waals surface area (Å²) >= 11 is 0. The van der Waals surface area contributed by atoms with Crippen LogP contribution in [-0.2, 0) is 33.6 Å². The molecule has 0 saturated heterocycles. The number of unbranched alkanes of at least 4 members (excludes halogenated alkanes) is 2. The number of aliphatic imine (C=N–C) groups is 1. The van der Waals surface area contributed by atoms with E-state index in [1.54, 1.807) is 19.1 Å². The highest BCUT2D eigenvalue weighted by molar-refractivity contribution is 6.00. The van der Waals surface area contributed by atoms with Crippen LogP contribution in [0, 0.1) is 12.8 Å². The summed E-state index contributed by atoms with van der Waals surface area (Å²) in [5, 5.41) is 16.7.